The van der Waals surface area contributed by atoms with Crippen LogP contribution in [0, 0.1) is 5.92 Å². The minimum Gasteiger partial charge on any atom is -0.461 e. The average Bonchev–Trinajstić information content (AvgIpc) is 2.81. The highest BCUT2D eigenvalue weighted by atomic mass is 16.6. The van der Waals surface area contributed by atoms with Crippen LogP contribution >= 0.6 is 0 Å². The molecule has 4 atom stereocenters. The van der Waals surface area contributed by atoms with Crippen molar-refractivity contribution in [3.63, 3.8) is 0 Å². The minimum atomic E-state index is -0.717. The van der Waals surface area contributed by atoms with Crippen LogP contribution in [0.25, 0.3) is 0 Å². The molecule has 1 unspecified atom stereocenters. The maximum absolute atomic E-state index is 12.3. The van der Waals surface area contributed by atoms with Gasteiger partial charge in [-0.2, -0.15) is 0 Å². The van der Waals surface area contributed by atoms with Crippen molar-refractivity contribution in [2.24, 2.45) is 5.92 Å². The second-order valence-corrected chi connectivity index (χ2v) is 6.68. The Bertz CT molecular complexity index is 559. The van der Waals surface area contributed by atoms with E-state index in [9.17, 15) is 4.79 Å². The van der Waals surface area contributed by atoms with Crippen molar-refractivity contribution in [2.75, 3.05) is 0 Å². The Hall–Kier alpha value is -1.33. The van der Waals surface area contributed by atoms with Crippen molar-refractivity contribution >= 4 is 13.8 Å². The molecule has 0 spiro atoms. The molecular weight excluding hydrogens is 279 g/mol. The molecule has 2 saturated heterocycles. The van der Waals surface area contributed by atoms with Gasteiger partial charge >= 0.3 is 5.97 Å². The zero-order chi connectivity index (χ0) is 16.0. The summed E-state index contributed by atoms with van der Waals surface area (Å²) in [6.07, 6.45) is -0.0185. The second kappa shape index (κ2) is 5.39. The lowest BCUT2D eigenvalue weighted by Crippen LogP contribution is -2.54. The number of benzene rings is 1. The standard InChI is InChI=1S/C17H21BO4/c1-11-14-15(18)22-17(11,16(2,3)21-14)9-13(19)20-10-12-7-5-4-6-8-12/h4-8,11,14-15H,9-10H2,1-3H3/t11-,14?,15-,17-/m1/s1. The van der Waals surface area contributed by atoms with Crippen LogP contribution in [0.3, 0.4) is 0 Å². The molecule has 0 aromatic heterocycles. The van der Waals surface area contributed by atoms with E-state index < -0.39 is 17.2 Å². The third kappa shape index (κ3) is 2.36. The molecule has 116 valence electrons. The largest absolute Gasteiger partial charge is 0.461 e. The first kappa shape index (κ1) is 15.6. The molecule has 0 N–H and O–H groups in total. The summed E-state index contributed by atoms with van der Waals surface area (Å²) in [5.41, 5.74) is -0.311. The van der Waals surface area contributed by atoms with Crippen LogP contribution in [0.15, 0.2) is 30.3 Å². The van der Waals surface area contributed by atoms with Crippen molar-refractivity contribution in [2.45, 2.75) is 57.1 Å². The number of hydrogen-bond acceptors (Lipinski definition) is 4. The molecule has 3 rings (SSSR count). The Morgan fingerprint density at radius 2 is 1.95 bits per heavy atom. The highest BCUT2D eigenvalue weighted by Gasteiger charge is 2.67. The number of esters is 1. The molecule has 2 aliphatic heterocycles. The predicted molar refractivity (Wildman–Crippen MR) is 82.3 cm³/mol. The molecule has 0 aliphatic carbocycles. The van der Waals surface area contributed by atoms with E-state index >= 15 is 0 Å². The highest BCUT2D eigenvalue weighted by Crippen LogP contribution is 2.55. The fourth-order valence-electron chi connectivity index (χ4n) is 3.69. The van der Waals surface area contributed by atoms with E-state index in [-0.39, 0.29) is 31.0 Å². The van der Waals surface area contributed by atoms with Gasteiger partial charge in [0, 0.05) is 11.9 Å². The summed E-state index contributed by atoms with van der Waals surface area (Å²) in [4.78, 5) is 12.3. The Morgan fingerprint density at radius 1 is 1.27 bits per heavy atom. The zero-order valence-corrected chi connectivity index (χ0v) is 13.2. The Kier molecular flexibility index (Phi) is 3.81. The van der Waals surface area contributed by atoms with E-state index in [1.54, 1.807) is 0 Å². The van der Waals surface area contributed by atoms with Gasteiger partial charge in [-0.3, -0.25) is 4.79 Å². The molecular formula is C17H21BO4. The van der Waals surface area contributed by atoms with Crippen LogP contribution in [-0.4, -0.2) is 37.1 Å². The van der Waals surface area contributed by atoms with Crippen molar-refractivity contribution < 1.29 is 19.0 Å². The molecule has 2 aliphatic rings. The van der Waals surface area contributed by atoms with Gasteiger partial charge in [0.25, 0.3) is 0 Å². The predicted octanol–water partition coefficient (Wildman–Crippen LogP) is 2.20. The van der Waals surface area contributed by atoms with Gasteiger partial charge in [0.1, 0.15) is 20.1 Å². The summed E-state index contributed by atoms with van der Waals surface area (Å²) in [7, 11) is 5.96. The van der Waals surface area contributed by atoms with E-state index in [2.05, 4.69) is 0 Å². The molecule has 2 radical (unpaired) electrons. The first-order valence-corrected chi connectivity index (χ1v) is 7.66. The summed E-state index contributed by atoms with van der Waals surface area (Å²) in [6.45, 7) is 6.18. The Labute approximate surface area is 132 Å². The maximum atomic E-state index is 12.3. The molecule has 1 aromatic carbocycles. The topological polar surface area (TPSA) is 44.8 Å². The summed E-state index contributed by atoms with van der Waals surface area (Å²) >= 11 is 0. The van der Waals surface area contributed by atoms with Crippen molar-refractivity contribution in [3.8, 4) is 0 Å². The van der Waals surface area contributed by atoms with Crippen LogP contribution in [0.1, 0.15) is 32.8 Å². The fourth-order valence-corrected chi connectivity index (χ4v) is 3.69. The third-order valence-electron chi connectivity index (χ3n) is 5.00. The van der Waals surface area contributed by atoms with Gasteiger partial charge in [0.05, 0.1) is 18.1 Å². The molecule has 0 saturated carbocycles. The highest BCUT2D eigenvalue weighted by molar-refractivity contribution is 6.11. The number of hydrogen-bond donors (Lipinski definition) is 0. The first-order valence-electron chi connectivity index (χ1n) is 7.66. The minimum absolute atomic E-state index is 0.0572. The van der Waals surface area contributed by atoms with Gasteiger partial charge in [-0.25, -0.2) is 0 Å². The van der Waals surface area contributed by atoms with Crippen molar-refractivity contribution in [1.82, 2.24) is 0 Å². The number of fused-ring (bicyclic) bond motifs is 2. The van der Waals surface area contributed by atoms with Gasteiger partial charge in [-0.05, 0) is 19.4 Å². The van der Waals surface area contributed by atoms with E-state index in [1.807, 2.05) is 51.1 Å². The van der Waals surface area contributed by atoms with E-state index in [0.29, 0.717) is 0 Å². The third-order valence-corrected chi connectivity index (χ3v) is 5.00. The van der Waals surface area contributed by atoms with Gasteiger partial charge in [-0.15, -0.1) is 0 Å². The lowest BCUT2D eigenvalue weighted by atomic mass is 9.76. The summed E-state index contributed by atoms with van der Waals surface area (Å²) < 4.78 is 17.3. The van der Waals surface area contributed by atoms with Gasteiger partial charge in [-0.1, -0.05) is 37.3 Å². The smallest absolute Gasteiger partial charge is 0.309 e. The Balaban J connectivity index is 1.67. The van der Waals surface area contributed by atoms with Crippen LogP contribution in [0.4, 0.5) is 0 Å². The van der Waals surface area contributed by atoms with E-state index in [1.165, 1.54) is 0 Å². The maximum Gasteiger partial charge on any atom is 0.309 e. The van der Waals surface area contributed by atoms with Crippen LogP contribution in [0.5, 0.6) is 0 Å². The summed E-state index contributed by atoms with van der Waals surface area (Å²) in [6, 6.07) is 9.13. The number of carbonyl (C=O) groups is 1. The van der Waals surface area contributed by atoms with E-state index in [0.717, 1.165) is 5.56 Å². The second-order valence-electron chi connectivity index (χ2n) is 6.68. The summed E-state index contributed by atoms with van der Waals surface area (Å²) in [5, 5.41) is 0. The van der Waals surface area contributed by atoms with Crippen LogP contribution in [0.2, 0.25) is 0 Å². The SMILES string of the molecule is [B][C@@H]1O[C@]2(CC(=O)OCc3ccccc3)[C@H](C)C1OC2(C)C. The molecule has 2 heterocycles. The zero-order valence-electron chi connectivity index (χ0n) is 13.2. The monoisotopic (exact) mass is 300 g/mol. The summed E-state index contributed by atoms with van der Waals surface area (Å²) in [5.74, 6) is -0.232. The van der Waals surface area contributed by atoms with Gasteiger partial charge < -0.3 is 14.2 Å². The van der Waals surface area contributed by atoms with E-state index in [4.69, 9.17) is 22.1 Å². The molecule has 5 heteroatoms. The van der Waals surface area contributed by atoms with Crippen molar-refractivity contribution in [3.05, 3.63) is 35.9 Å². The normalized spacial score (nSPS) is 35.5. The van der Waals surface area contributed by atoms with Gasteiger partial charge in [0.2, 0.25) is 0 Å². The van der Waals surface area contributed by atoms with Crippen molar-refractivity contribution in [1.29, 1.82) is 0 Å². The number of ether oxygens (including phenoxy) is 3. The average molecular weight is 300 g/mol. The quantitative estimate of drug-likeness (QED) is 0.631. The van der Waals surface area contributed by atoms with Crippen LogP contribution < -0.4 is 0 Å². The lowest BCUT2D eigenvalue weighted by Gasteiger charge is -2.43. The fraction of sp³-hybridized carbons (Fsp3) is 0.588. The molecule has 2 bridgehead atoms. The number of carbonyl (C=O) groups excluding carboxylic acids is 1. The van der Waals surface area contributed by atoms with Gasteiger partial charge in [0.15, 0.2) is 0 Å². The van der Waals surface area contributed by atoms with Crippen LogP contribution in [-0.2, 0) is 25.6 Å². The Morgan fingerprint density at radius 3 is 2.55 bits per heavy atom. The molecule has 22 heavy (non-hydrogen) atoms. The molecule has 1 aromatic rings. The molecule has 4 nitrogen and oxygen atoms in total. The molecule has 0 amide bonds. The lowest BCUT2D eigenvalue weighted by molar-refractivity contribution is -0.213. The molecule has 2 fully saturated rings. The number of rotatable bonds is 4. The first-order chi connectivity index (χ1) is 10.4.